The fourth-order valence-electron chi connectivity index (χ4n) is 2.12. The molecular weight excluding hydrogens is 320 g/mol. The summed E-state index contributed by atoms with van der Waals surface area (Å²) in [7, 11) is 0. The van der Waals surface area contributed by atoms with Gasteiger partial charge in [-0.1, -0.05) is 30.3 Å². The number of fused-ring (bicyclic) bond motifs is 1. The van der Waals surface area contributed by atoms with Crippen molar-refractivity contribution in [3.05, 3.63) is 42.5 Å². The molecule has 2 aromatic rings. The second-order valence-electron chi connectivity index (χ2n) is 5.56. The van der Waals surface area contributed by atoms with Crippen LogP contribution in [0.1, 0.15) is 20.8 Å². The Balaban J connectivity index is 1.87. The number of nitrogens with zero attached hydrogens (tertiary/aromatic N) is 1. The number of hydrogen-bond donors (Lipinski definition) is 1. The molecule has 1 unspecified atom stereocenters. The number of carbonyl (C=O) groups is 2. The van der Waals surface area contributed by atoms with Gasteiger partial charge < -0.3 is 9.47 Å². The van der Waals surface area contributed by atoms with E-state index < -0.39 is 11.8 Å². The summed E-state index contributed by atoms with van der Waals surface area (Å²) in [5.41, 5.74) is 2.85. The standard InChI is InChI=1S/C19H22N2O4/c1-4-24-19(23)13(2)14(3)20-21-18(22)12-25-17-10-9-15-7-5-6-8-16(15)11-17/h5-11,13H,4,12H2,1-3H3,(H,21,22). The Morgan fingerprint density at radius 3 is 2.60 bits per heavy atom. The van der Waals surface area contributed by atoms with E-state index in [-0.39, 0.29) is 12.6 Å². The molecule has 2 aromatic carbocycles. The summed E-state index contributed by atoms with van der Waals surface area (Å²) < 4.78 is 10.4. The van der Waals surface area contributed by atoms with Crippen LogP contribution in [0.25, 0.3) is 10.8 Å². The summed E-state index contributed by atoms with van der Waals surface area (Å²) in [4.78, 5) is 23.4. The molecule has 0 fully saturated rings. The fraction of sp³-hybridized carbons (Fsp3) is 0.316. The normalized spacial score (nSPS) is 12.5. The Hall–Kier alpha value is -2.89. The predicted octanol–water partition coefficient (Wildman–Crippen LogP) is 2.91. The smallest absolute Gasteiger partial charge is 0.314 e. The highest BCUT2D eigenvalue weighted by Crippen LogP contribution is 2.20. The number of rotatable bonds is 7. The highest BCUT2D eigenvalue weighted by molar-refractivity contribution is 6.00. The van der Waals surface area contributed by atoms with E-state index in [1.807, 2.05) is 42.5 Å². The molecule has 2 rings (SSSR count). The molecule has 6 heteroatoms. The van der Waals surface area contributed by atoms with Crippen molar-refractivity contribution in [2.24, 2.45) is 11.0 Å². The topological polar surface area (TPSA) is 77.0 Å². The fourth-order valence-corrected chi connectivity index (χ4v) is 2.12. The Morgan fingerprint density at radius 1 is 1.16 bits per heavy atom. The van der Waals surface area contributed by atoms with Gasteiger partial charge in [-0.15, -0.1) is 0 Å². The lowest BCUT2D eigenvalue weighted by atomic mass is 10.1. The lowest BCUT2D eigenvalue weighted by Gasteiger charge is -2.10. The van der Waals surface area contributed by atoms with Gasteiger partial charge in [0.25, 0.3) is 5.91 Å². The number of hydrazone groups is 1. The van der Waals surface area contributed by atoms with Crippen LogP contribution in [0.5, 0.6) is 5.75 Å². The molecule has 0 saturated heterocycles. The zero-order chi connectivity index (χ0) is 18.2. The van der Waals surface area contributed by atoms with Gasteiger partial charge in [0, 0.05) is 5.71 Å². The number of ether oxygens (including phenoxy) is 2. The molecule has 132 valence electrons. The summed E-state index contributed by atoms with van der Waals surface area (Å²) in [6.07, 6.45) is 0. The maximum Gasteiger partial charge on any atom is 0.314 e. The Bertz CT molecular complexity index is 786. The molecule has 1 amide bonds. The molecular formula is C19H22N2O4. The third-order valence-corrected chi connectivity index (χ3v) is 3.71. The molecule has 0 aliphatic heterocycles. The van der Waals surface area contributed by atoms with Crippen LogP contribution in [0.3, 0.4) is 0 Å². The lowest BCUT2D eigenvalue weighted by molar-refractivity contribution is -0.145. The molecule has 6 nitrogen and oxygen atoms in total. The second kappa shape index (κ2) is 8.82. The van der Waals surface area contributed by atoms with E-state index in [1.165, 1.54) is 0 Å². The quantitative estimate of drug-likeness (QED) is 0.477. The summed E-state index contributed by atoms with van der Waals surface area (Å²) in [5, 5.41) is 6.07. The van der Waals surface area contributed by atoms with E-state index in [0.717, 1.165) is 10.8 Å². The summed E-state index contributed by atoms with van der Waals surface area (Å²) in [6, 6.07) is 13.5. The van der Waals surface area contributed by atoms with Gasteiger partial charge in [-0.25, -0.2) is 5.43 Å². The van der Waals surface area contributed by atoms with Crippen molar-refractivity contribution in [1.82, 2.24) is 5.43 Å². The summed E-state index contributed by atoms with van der Waals surface area (Å²) >= 11 is 0. The average molecular weight is 342 g/mol. The largest absolute Gasteiger partial charge is 0.484 e. The lowest BCUT2D eigenvalue weighted by Crippen LogP contribution is -2.28. The minimum Gasteiger partial charge on any atom is -0.484 e. The first-order chi connectivity index (χ1) is 12.0. The molecule has 0 heterocycles. The molecule has 0 aromatic heterocycles. The van der Waals surface area contributed by atoms with Gasteiger partial charge in [0.2, 0.25) is 0 Å². The SMILES string of the molecule is CCOC(=O)C(C)C(C)=NNC(=O)COc1ccc2ccccc2c1. The monoisotopic (exact) mass is 342 g/mol. The van der Waals surface area contributed by atoms with Crippen LogP contribution >= 0.6 is 0 Å². The molecule has 25 heavy (non-hydrogen) atoms. The van der Waals surface area contributed by atoms with Gasteiger partial charge in [0.05, 0.1) is 12.5 Å². The van der Waals surface area contributed by atoms with Crippen molar-refractivity contribution in [3.63, 3.8) is 0 Å². The number of esters is 1. The van der Waals surface area contributed by atoms with Crippen LogP contribution in [-0.2, 0) is 14.3 Å². The van der Waals surface area contributed by atoms with E-state index in [1.54, 1.807) is 20.8 Å². The Morgan fingerprint density at radius 2 is 1.88 bits per heavy atom. The third-order valence-electron chi connectivity index (χ3n) is 3.71. The average Bonchev–Trinajstić information content (AvgIpc) is 2.63. The minimum atomic E-state index is -0.512. The van der Waals surface area contributed by atoms with Crippen molar-refractivity contribution < 1.29 is 19.1 Å². The van der Waals surface area contributed by atoms with Crippen LogP contribution in [0.15, 0.2) is 47.6 Å². The number of benzene rings is 2. The van der Waals surface area contributed by atoms with Crippen molar-refractivity contribution in [2.45, 2.75) is 20.8 Å². The van der Waals surface area contributed by atoms with Crippen molar-refractivity contribution in [3.8, 4) is 5.75 Å². The van der Waals surface area contributed by atoms with Crippen molar-refractivity contribution in [1.29, 1.82) is 0 Å². The molecule has 1 N–H and O–H groups in total. The van der Waals surface area contributed by atoms with E-state index in [0.29, 0.717) is 18.1 Å². The first kappa shape index (κ1) is 18.4. The maximum absolute atomic E-state index is 11.8. The highest BCUT2D eigenvalue weighted by Gasteiger charge is 2.17. The summed E-state index contributed by atoms with van der Waals surface area (Å²) in [5.74, 6) is -0.676. The van der Waals surface area contributed by atoms with Gasteiger partial charge in [-0.05, 0) is 43.7 Å². The predicted molar refractivity (Wildman–Crippen MR) is 96.5 cm³/mol. The Labute approximate surface area is 146 Å². The van der Waals surface area contributed by atoms with Crippen LogP contribution in [-0.4, -0.2) is 30.8 Å². The Kier molecular flexibility index (Phi) is 6.51. The van der Waals surface area contributed by atoms with Crippen molar-refractivity contribution >= 4 is 28.4 Å². The first-order valence-electron chi connectivity index (χ1n) is 8.12. The van der Waals surface area contributed by atoms with Gasteiger partial charge in [-0.3, -0.25) is 9.59 Å². The van der Waals surface area contributed by atoms with E-state index in [4.69, 9.17) is 9.47 Å². The number of amides is 1. The minimum absolute atomic E-state index is 0.164. The highest BCUT2D eigenvalue weighted by atomic mass is 16.5. The van der Waals surface area contributed by atoms with Gasteiger partial charge >= 0.3 is 5.97 Å². The number of carbonyl (C=O) groups excluding carboxylic acids is 2. The van der Waals surface area contributed by atoms with Gasteiger partial charge in [0.15, 0.2) is 6.61 Å². The van der Waals surface area contributed by atoms with Crippen LogP contribution < -0.4 is 10.2 Å². The second-order valence-corrected chi connectivity index (χ2v) is 5.56. The number of nitrogens with one attached hydrogen (secondary N) is 1. The van der Waals surface area contributed by atoms with Crippen LogP contribution in [0.2, 0.25) is 0 Å². The van der Waals surface area contributed by atoms with Crippen molar-refractivity contribution in [2.75, 3.05) is 13.2 Å². The number of hydrogen-bond acceptors (Lipinski definition) is 5. The van der Waals surface area contributed by atoms with E-state index in [2.05, 4.69) is 10.5 Å². The van der Waals surface area contributed by atoms with E-state index in [9.17, 15) is 9.59 Å². The maximum atomic E-state index is 11.8. The first-order valence-corrected chi connectivity index (χ1v) is 8.12. The van der Waals surface area contributed by atoms with Crippen LogP contribution in [0.4, 0.5) is 0 Å². The molecule has 0 spiro atoms. The molecule has 0 radical (unpaired) electrons. The van der Waals surface area contributed by atoms with Crippen LogP contribution in [0, 0.1) is 5.92 Å². The molecule has 1 atom stereocenters. The van der Waals surface area contributed by atoms with E-state index >= 15 is 0 Å². The zero-order valence-corrected chi connectivity index (χ0v) is 14.6. The van der Waals surface area contributed by atoms with Gasteiger partial charge in [0.1, 0.15) is 5.75 Å². The molecule has 0 aliphatic carbocycles. The molecule has 0 aliphatic rings. The molecule has 0 saturated carbocycles. The summed E-state index contributed by atoms with van der Waals surface area (Å²) in [6.45, 7) is 5.22. The molecule has 0 bridgehead atoms. The van der Waals surface area contributed by atoms with Gasteiger partial charge in [-0.2, -0.15) is 5.10 Å². The third kappa shape index (κ3) is 5.31. The zero-order valence-electron chi connectivity index (χ0n) is 14.6.